The summed E-state index contributed by atoms with van der Waals surface area (Å²) < 4.78 is 40.7. The predicted octanol–water partition coefficient (Wildman–Crippen LogP) is 2.47. The van der Waals surface area contributed by atoms with Gasteiger partial charge in [0.15, 0.2) is 0 Å². The van der Waals surface area contributed by atoms with Crippen LogP contribution in [0.3, 0.4) is 0 Å². The lowest BCUT2D eigenvalue weighted by molar-refractivity contribution is -0.393. The minimum absolute atomic E-state index is 0.117. The molecule has 0 unspecified atom stereocenters. The summed E-state index contributed by atoms with van der Waals surface area (Å²) in [7, 11) is 1.50. The zero-order valence-corrected chi connectivity index (χ0v) is 35.6. The van der Waals surface area contributed by atoms with Crippen LogP contribution in [0, 0.1) is 20.2 Å². The molecule has 1 fully saturated rings. The van der Waals surface area contributed by atoms with Gasteiger partial charge in [-0.1, -0.05) is 5.21 Å². The van der Waals surface area contributed by atoms with Crippen molar-refractivity contribution in [1.82, 2.24) is 35.5 Å². The Morgan fingerprint density at radius 2 is 1.62 bits per heavy atom. The molecule has 4 heterocycles. The number of fused-ring (bicyclic) bond motifs is 1. The van der Waals surface area contributed by atoms with Crippen LogP contribution in [0.25, 0.3) is 22.2 Å². The maximum Gasteiger partial charge on any atom is 0.299 e. The molecule has 0 radical (unpaired) electrons. The van der Waals surface area contributed by atoms with Gasteiger partial charge in [0.1, 0.15) is 35.3 Å². The summed E-state index contributed by atoms with van der Waals surface area (Å²) in [6.07, 6.45) is 3.24. The van der Waals surface area contributed by atoms with Gasteiger partial charge in [0.25, 0.3) is 23.1 Å². The number of carbonyl (C=O) groups is 3. The Balaban J connectivity index is 0.789. The van der Waals surface area contributed by atoms with E-state index in [1.54, 1.807) is 40.0 Å². The molecule has 1 aliphatic heterocycles. The Morgan fingerprint density at radius 1 is 0.877 bits per heavy atom. The molecule has 0 aliphatic carbocycles. The number of Topliss-reactive ketones (excluding diaryl/α,β-unsaturated/α-hetero) is 1. The van der Waals surface area contributed by atoms with Crippen LogP contribution in [0.4, 0.5) is 17.1 Å². The third-order valence-electron chi connectivity index (χ3n) is 9.85. The monoisotopic (exact) mass is 906 g/mol. The largest absolute Gasteiger partial charge is 0.496 e. The van der Waals surface area contributed by atoms with Crippen LogP contribution in [0.5, 0.6) is 5.75 Å². The smallest absolute Gasteiger partial charge is 0.299 e. The molecule has 4 N–H and O–H groups in total. The first kappa shape index (κ1) is 47.6. The zero-order chi connectivity index (χ0) is 46.0. The van der Waals surface area contributed by atoms with Crippen LogP contribution in [0.1, 0.15) is 21.8 Å². The number of furan rings is 1. The number of carbonyl (C=O) groups excluding carboxylic acids is 3. The molecule has 0 atom stereocenters. The van der Waals surface area contributed by atoms with Crippen LogP contribution in [0.2, 0.25) is 0 Å². The van der Waals surface area contributed by atoms with Gasteiger partial charge in [-0.15, -0.1) is 5.10 Å². The van der Waals surface area contributed by atoms with E-state index in [1.165, 1.54) is 25.4 Å². The van der Waals surface area contributed by atoms with Gasteiger partial charge >= 0.3 is 0 Å². The van der Waals surface area contributed by atoms with E-state index in [0.717, 1.165) is 6.07 Å². The van der Waals surface area contributed by atoms with E-state index in [1.807, 2.05) is 0 Å². The Hall–Kier alpha value is -6.83. The summed E-state index contributed by atoms with van der Waals surface area (Å²) in [5.74, 6) is -0.0947. The molecule has 1 aliphatic rings. The average Bonchev–Trinajstić information content (AvgIpc) is 4.10. The van der Waals surface area contributed by atoms with Crippen molar-refractivity contribution in [1.29, 1.82) is 0 Å². The number of nitrogens with zero attached hydrogens (tertiary/aromatic N) is 6. The van der Waals surface area contributed by atoms with Gasteiger partial charge in [-0.3, -0.25) is 34.6 Å². The number of ketones is 1. The Kier molecular flexibility index (Phi) is 17.8. The highest BCUT2D eigenvalue weighted by Gasteiger charge is 2.29. The molecular weight excluding hydrogens is 857 g/mol. The molecule has 0 saturated carbocycles. The number of aromatic amines is 1. The number of amides is 2. The molecule has 65 heavy (non-hydrogen) atoms. The quantitative estimate of drug-likeness (QED) is 0.0184. The molecule has 0 spiro atoms. The maximum atomic E-state index is 13.3. The number of rotatable bonds is 28. The number of piperazine rings is 1. The van der Waals surface area contributed by atoms with Crippen molar-refractivity contribution in [2.24, 2.45) is 0 Å². The number of hydrogen-bond donors (Lipinski definition) is 4. The summed E-state index contributed by atoms with van der Waals surface area (Å²) in [5, 5.41) is 39.5. The predicted molar refractivity (Wildman–Crippen MR) is 229 cm³/mol. The van der Waals surface area contributed by atoms with Crippen LogP contribution >= 0.6 is 0 Å². The second-order valence-corrected chi connectivity index (χ2v) is 14.2. The van der Waals surface area contributed by atoms with Crippen molar-refractivity contribution in [3.8, 4) is 17.1 Å². The van der Waals surface area contributed by atoms with E-state index >= 15 is 0 Å². The number of benzene rings is 2. The first-order valence-corrected chi connectivity index (χ1v) is 20.7. The fraction of sp³-hybridized carbons (Fsp3) is 0.439. The van der Waals surface area contributed by atoms with Gasteiger partial charge in [0.2, 0.25) is 5.91 Å². The molecule has 348 valence electrons. The summed E-state index contributed by atoms with van der Waals surface area (Å²) in [4.78, 5) is 64.2. The highest BCUT2D eigenvalue weighted by Crippen LogP contribution is 2.37. The normalized spacial score (nSPS) is 12.7. The summed E-state index contributed by atoms with van der Waals surface area (Å²) in [6, 6.07) is 10.4. The van der Waals surface area contributed by atoms with Crippen molar-refractivity contribution < 1.29 is 57.1 Å². The number of aromatic nitrogens is 4. The number of non-ortho nitro benzene ring substituents is 1. The van der Waals surface area contributed by atoms with E-state index in [2.05, 4.69) is 31.2 Å². The average molecular weight is 907 g/mol. The number of methoxy groups -OCH3 is 1. The SMILES string of the molecule is COc1ccc(-c2ccc(CNC(=O)COCCn3cc(COCCOCCOCCOCCNc4ccc([N+](=O)[O-])cc4[N+](=O)[O-])nn3)o2)c2[nH]cc(C(=O)C(=O)N3CCNCC3)c12. The van der Waals surface area contributed by atoms with Crippen molar-refractivity contribution in [3.05, 3.63) is 92.1 Å². The molecule has 0 bridgehead atoms. The Labute approximate surface area is 371 Å². The molecular formula is C41H50N10O14. The molecule has 5 aromatic rings. The van der Waals surface area contributed by atoms with E-state index in [-0.39, 0.29) is 68.0 Å². The number of nitro groups is 2. The number of ether oxygens (including phenoxy) is 6. The van der Waals surface area contributed by atoms with E-state index in [0.29, 0.717) is 112 Å². The number of hydrogen-bond acceptors (Lipinski definition) is 18. The first-order chi connectivity index (χ1) is 31.6. The highest BCUT2D eigenvalue weighted by atomic mass is 16.6. The third-order valence-corrected chi connectivity index (χ3v) is 9.85. The van der Waals surface area contributed by atoms with E-state index < -0.39 is 21.5 Å². The molecule has 2 aromatic carbocycles. The zero-order valence-electron chi connectivity index (χ0n) is 35.6. The molecule has 6 rings (SSSR count). The van der Waals surface area contributed by atoms with Gasteiger partial charge in [-0.25, -0.2) is 4.68 Å². The maximum absolute atomic E-state index is 13.3. The van der Waals surface area contributed by atoms with Crippen LogP contribution in [-0.4, -0.2) is 152 Å². The van der Waals surface area contributed by atoms with Crippen molar-refractivity contribution in [2.75, 3.05) is 105 Å². The van der Waals surface area contributed by atoms with E-state index in [9.17, 15) is 34.6 Å². The van der Waals surface area contributed by atoms with Crippen molar-refractivity contribution >= 4 is 45.6 Å². The molecule has 1 saturated heterocycles. The lowest BCUT2D eigenvalue weighted by Crippen LogP contribution is -2.48. The standard InChI is InChI=1S/C41H50N10O14/c1-59-36-7-4-31(39-38(36)32(24-45-39)40(53)41(54)48-11-8-42-9-12-48)35-6-3-30(65-35)23-44-37(52)27-63-15-13-49-25-28(46-47-49)26-64-21-20-62-19-18-61-17-16-60-14-10-43-33-5-2-29(50(55)56)22-34(33)51(57)58/h2-7,22,24-25,42-43,45H,8-21,23,26-27H2,1H3,(H,44,52). The van der Waals surface area contributed by atoms with Crippen molar-refractivity contribution in [3.63, 3.8) is 0 Å². The second kappa shape index (κ2) is 24.3. The number of H-pyrrole nitrogens is 1. The lowest BCUT2D eigenvalue weighted by atomic mass is 10.0. The van der Waals surface area contributed by atoms with Gasteiger partial charge in [-0.05, 0) is 30.3 Å². The minimum Gasteiger partial charge on any atom is -0.496 e. The van der Waals surface area contributed by atoms with Crippen LogP contribution in [-0.2, 0) is 53.0 Å². The van der Waals surface area contributed by atoms with Gasteiger partial charge in [0.05, 0.1) is 118 Å². The molecule has 2 amide bonds. The molecule has 24 heteroatoms. The van der Waals surface area contributed by atoms with Crippen molar-refractivity contribution in [2.45, 2.75) is 19.7 Å². The number of nitro benzene ring substituents is 2. The molecule has 24 nitrogen and oxygen atoms in total. The first-order valence-electron chi connectivity index (χ1n) is 20.7. The minimum atomic E-state index is -0.692. The molecule has 3 aromatic heterocycles. The number of nitrogens with one attached hydrogen (secondary N) is 4. The third kappa shape index (κ3) is 13.6. The second-order valence-electron chi connectivity index (χ2n) is 14.2. The van der Waals surface area contributed by atoms with Gasteiger partial charge in [-0.2, -0.15) is 0 Å². The van der Waals surface area contributed by atoms with Crippen LogP contribution in [0.15, 0.2) is 59.3 Å². The summed E-state index contributed by atoms with van der Waals surface area (Å²) >= 11 is 0. The van der Waals surface area contributed by atoms with E-state index in [4.69, 9.17) is 32.8 Å². The Morgan fingerprint density at radius 3 is 2.34 bits per heavy atom. The highest BCUT2D eigenvalue weighted by molar-refractivity contribution is 6.45. The van der Waals surface area contributed by atoms with Crippen LogP contribution < -0.4 is 20.7 Å². The van der Waals surface area contributed by atoms with Gasteiger partial charge < -0.3 is 58.7 Å². The topological polar surface area (TPSA) is 292 Å². The lowest BCUT2D eigenvalue weighted by Gasteiger charge is -2.26. The summed E-state index contributed by atoms with van der Waals surface area (Å²) in [6.45, 7) is 5.41. The fourth-order valence-electron chi connectivity index (χ4n) is 6.62. The van der Waals surface area contributed by atoms with Gasteiger partial charge in [0, 0.05) is 50.6 Å². The summed E-state index contributed by atoms with van der Waals surface area (Å²) in [5.41, 5.74) is 1.48. The fourth-order valence-corrected chi connectivity index (χ4v) is 6.62. The Bertz CT molecular complexity index is 2390. The number of anilines is 1.